The number of carbonyl (C=O) groups is 1. The van der Waals surface area contributed by atoms with Crippen molar-refractivity contribution in [2.24, 2.45) is 0 Å². The van der Waals surface area contributed by atoms with E-state index < -0.39 is 6.10 Å². The van der Waals surface area contributed by atoms with Gasteiger partial charge in [-0.25, -0.2) is 0 Å². The lowest BCUT2D eigenvalue weighted by molar-refractivity contribution is -0.114. The predicted octanol–water partition coefficient (Wildman–Crippen LogP) is 4.20. The first-order valence-corrected chi connectivity index (χ1v) is 10.6. The highest BCUT2D eigenvalue weighted by atomic mass is 35.5. The summed E-state index contributed by atoms with van der Waals surface area (Å²) >= 11 is 12.0. The number of anilines is 1. The summed E-state index contributed by atoms with van der Waals surface area (Å²) in [6.45, 7) is 4.28. The smallest absolute Gasteiger partial charge is 0.221 e. The van der Waals surface area contributed by atoms with Gasteiger partial charge in [-0.1, -0.05) is 29.3 Å². The van der Waals surface area contributed by atoms with Crippen LogP contribution < -0.4 is 20.1 Å². The van der Waals surface area contributed by atoms with Crippen LogP contribution in [0.3, 0.4) is 0 Å². The third-order valence-corrected chi connectivity index (χ3v) is 5.60. The van der Waals surface area contributed by atoms with Gasteiger partial charge in [-0.15, -0.1) is 0 Å². The first-order valence-electron chi connectivity index (χ1n) is 9.86. The van der Waals surface area contributed by atoms with Crippen LogP contribution in [0.1, 0.15) is 25.3 Å². The molecular weight excluding hydrogens is 427 g/mol. The molecular formula is C22H26Cl2N2O4. The second-order valence-corrected chi connectivity index (χ2v) is 8.28. The number of hydrogen-bond donors (Lipinski definition) is 3. The Kier molecular flexibility index (Phi) is 7.83. The van der Waals surface area contributed by atoms with Gasteiger partial charge in [-0.2, -0.15) is 0 Å². The van der Waals surface area contributed by atoms with E-state index in [9.17, 15) is 9.90 Å². The zero-order valence-electron chi connectivity index (χ0n) is 17.0. The minimum absolute atomic E-state index is 0.0223. The lowest BCUT2D eigenvalue weighted by Crippen LogP contribution is -2.38. The van der Waals surface area contributed by atoms with E-state index in [0.717, 1.165) is 18.5 Å². The molecule has 30 heavy (non-hydrogen) atoms. The zero-order chi connectivity index (χ0) is 21.7. The molecule has 0 bridgehead atoms. The number of aryl methyl sites for hydroxylation is 1. The van der Waals surface area contributed by atoms with Gasteiger partial charge in [0.25, 0.3) is 0 Å². The average molecular weight is 453 g/mol. The van der Waals surface area contributed by atoms with Crippen LogP contribution in [0.15, 0.2) is 36.4 Å². The van der Waals surface area contributed by atoms with Crippen LogP contribution in [0.5, 0.6) is 11.5 Å². The Labute approximate surface area is 186 Å². The molecule has 1 aliphatic heterocycles. The maximum absolute atomic E-state index is 11.4. The van der Waals surface area contributed by atoms with Crippen LogP contribution >= 0.6 is 23.2 Å². The topological polar surface area (TPSA) is 79.8 Å². The molecule has 3 atom stereocenters. The van der Waals surface area contributed by atoms with Crippen LogP contribution in [0.4, 0.5) is 5.69 Å². The van der Waals surface area contributed by atoms with Gasteiger partial charge < -0.3 is 25.2 Å². The number of ether oxygens (including phenoxy) is 2. The van der Waals surface area contributed by atoms with Gasteiger partial charge >= 0.3 is 0 Å². The first-order chi connectivity index (χ1) is 14.3. The van der Waals surface area contributed by atoms with E-state index in [2.05, 4.69) is 10.6 Å². The minimum atomic E-state index is -0.702. The Morgan fingerprint density at radius 2 is 2.07 bits per heavy atom. The Morgan fingerprint density at radius 3 is 2.80 bits per heavy atom. The molecule has 0 radical (unpaired) electrons. The SMILES string of the molecule is CC(=O)Nc1cc(C)ccc1OCC(O)CC1NCCC1Oc1ccc(Cl)c(Cl)c1. The number of aliphatic hydroxyl groups is 1. The third-order valence-electron chi connectivity index (χ3n) is 4.87. The van der Waals surface area contributed by atoms with Gasteiger partial charge in [0.05, 0.1) is 21.8 Å². The number of nitrogens with one attached hydrogen (secondary N) is 2. The molecule has 1 fully saturated rings. The van der Waals surface area contributed by atoms with Gasteiger partial charge in [-0.3, -0.25) is 4.79 Å². The van der Waals surface area contributed by atoms with Crippen molar-refractivity contribution in [2.45, 2.75) is 44.9 Å². The van der Waals surface area contributed by atoms with Crippen molar-refractivity contribution in [2.75, 3.05) is 18.5 Å². The van der Waals surface area contributed by atoms with Crippen molar-refractivity contribution in [1.82, 2.24) is 5.32 Å². The number of carbonyl (C=O) groups excluding carboxylic acids is 1. The van der Waals surface area contributed by atoms with Crippen LogP contribution in [-0.2, 0) is 4.79 Å². The van der Waals surface area contributed by atoms with Gasteiger partial charge in [-0.05, 0) is 56.1 Å². The summed E-state index contributed by atoms with van der Waals surface area (Å²) in [7, 11) is 0. The summed E-state index contributed by atoms with van der Waals surface area (Å²) in [5, 5.41) is 17.6. The maximum Gasteiger partial charge on any atom is 0.221 e. The molecule has 0 aromatic heterocycles. The standard InChI is InChI=1S/C22H26Cl2N2O4/c1-13-3-6-21(20(9-13)26-14(2)27)29-12-15(28)10-19-22(7-8-25-19)30-16-4-5-17(23)18(24)11-16/h3-6,9,11,15,19,22,25,28H,7-8,10,12H2,1-2H3,(H,26,27). The van der Waals surface area contributed by atoms with Crippen LogP contribution in [0.2, 0.25) is 10.0 Å². The molecule has 6 nitrogen and oxygen atoms in total. The molecule has 3 rings (SSSR count). The Bertz CT molecular complexity index is 893. The maximum atomic E-state index is 11.4. The van der Waals surface area contributed by atoms with E-state index in [1.54, 1.807) is 24.3 Å². The van der Waals surface area contributed by atoms with Crippen LogP contribution in [-0.4, -0.2) is 42.4 Å². The largest absolute Gasteiger partial charge is 0.489 e. The number of rotatable bonds is 8. The summed E-state index contributed by atoms with van der Waals surface area (Å²) in [6, 6.07) is 10.7. The molecule has 1 aliphatic rings. The van der Waals surface area contributed by atoms with Crippen LogP contribution in [0.25, 0.3) is 0 Å². The predicted molar refractivity (Wildman–Crippen MR) is 119 cm³/mol. The van der Waals surface area contributed by atoms with Crippen molar-refractivity contribution < 1.29 is 19.4 Å². The van der Waals surface area contributed by atoms with Crippen molar-refractivity contribution in [1.29, 1.82) is 0 Å². The highest BCUT2D eigenvalue weighted by Gasteiger charge is 2.30. The minimum Gasteiger partial charge on any atom is -0.489 e. The lowest BCUT2D eigenvalue weighted by Gasteiger charge is -2.24. The van der Waals surface area contributed by atoms with E-state index >= 15 is 0 Å². The van der Waals surface area contributed by atoms with Crippen molar-refractivity contribution in [3.8, 4) is 11.5 Å². The average Bonchev–Trinajstić information content (AvgIpc) is 3.10. The summed E-state index contributed by atoms with van der Waals surface area (Å²) in [5.41, 5.74) is 1.60. The van der Waals surface area contributed by atoms with Crippen molar-refractivity contribution in [3.05, 3.63) is 52.0 Å². The second kappa shape index (κ2) is 10.4. The summed E-state index contributed by atoms with van der Waals surface area (Å²) in [5.74, 6) is 0.995. The number of halogens is 2. The fourth-order valence-electron chi connectivity index (χ4n) is 3.45. The van der Waals surface area contributed by atoms with Gasteiger partial charge in [0.15, 0.2) is 0 Å². The second-order valence-electron chi connectivity index (χ2n) is 7.46. The van der Waals surface area contributed by atoms with Crippen molar-refractivity contribution in [3.63, 3.8) is 0 Å². The molecule has 0 aliphatic carbocycles. The molecule has 3 N–H and O–H groups in total. The number of aliphatic hydroxyl groups excluding tert-OH is 1. The van der Waals surface area contributed by atoms with Crippen molar-refractivity contribution >= 4 is 34.8 Å². The van der Waals surface area contributed by atoms with Gasteiger partial charge in [0.1, 0.15) is 24.2 Å². The molecule has 0 spiro atoms. The molecule has 2 aromatic carbocycles. The normalized spacial score (nSPS) is 19.4. The number of amides is 1. The molecule has 162 valence electrons. The van der Waals surface area contributed by atoms with E-state index in [1.165, 1.54) is 6.92 Å². The number of benzene rings is 2. The van der Waals surface area contributed by atoms with Crippen LogP contribution in [0, 0.1) is 6.92 Å². The molecule has 3 unspecified atom stereocenters. The Morgan fingerprint density at radius 1 is 1.27 bits per heavy atom. The first kappa shape index (κ1) is 22.7. The third kappa shape index (κ3) is 6.25. The van der Waals surface area contributed by atoms with Gasteiger partial charge in [0.2, 0.25) is 5.91 Å². The molecule has 2 aromatic rings. The Balaban J connectivity index is 1.56. The highest BCUT2D eigenvalue weighted by molar-refractivity contribution is 6.42. The fraction of sp³-hybridized carbons (Fsp3) is 0.409. The molecule has 8 heteroatoms. The molecule has 1 saturated heterocycles. The molecule has 1 heterocycles. The lowest BCUT2D eigenvalue weighted by atomic mass is 10.1. The van der Waals surface area contributed by atoms with E-state index in [-0.39, 0.29) is 24.7 Å². The fourth-order valence-corrected chi connectivity index (χ4v) is 3.74. The quantitative estimate of drug-likeness (QED) is 0.559. The van der Waals surface area contributed by atoms with Gasteiger partial charge in [0, 0.05) is 19.0 Å². The Hall–Kier alpha value is -1.99. The monoisotopic (exact) mass is 452 g/mol. The van der Waals surface area contributed by atoms with E-state index in [1.807, 2.05) is 19.1 Å². The summed E-state index contributed by atoms with van der Waals surface area (Å²) in [4.78, 5) is 11.4. The van der Waals surface area contributed by atoms with E-state index in [4.69, 9.17) is 32.7 Å². The van der Waals surface area contributed by atoms with E-state index in [0.29, 0.717) is 33.7 Å². The number of hydrogen-bond acceptors (Lipinski definition) is 5. The molecule has 0 saturated carbocycles. The molecule has 1 amide bonds. The summed E-state index contributed by atoms with van der Waals surface area (Å²) in [6.07, 6.45) is 0.495. The zero-order valence-corrected chi connectivity index (χ0v) is 18.5. The highest BCUT2D eigenvalue weighted by Crippen LogP contribution is 2.29. The summed E-state index contributed by atoms with van der Waals surface area (Å²) < 4.78 is 11.8.